The summed E-state index contributed by atoms with van der Waals surface area (Å²) in [6.45, 7) is 0.545. The molecule has 0 aliphatic carbocycles. The van der Waals surface area contributed by atoms with Gasteiger partial charge in [0, 0.05) is 6.92 Å². The Kier molecular flexibility index (Phi) is 4.89. The molecule has 9 heteroatoms. The number of hydrogen-bond acceptors (Lipinski definition) is 7. The van der Waals surface area contributed by atoms with Crippen LogP contribution in [-0.4, -0.2) is 49.0 Å². The summed E-state index contributed by atoms with van der Waals surface area (Å²) in [6, 6.07) is 3.23. The molecule has 1 aromatic rings. The topological polar surface area (TPSA) is 114 Å². The Bertz CT molecular complexity index is 592. The van der Waals surface area contributed by atoms with Gasteiger partial charge in [-0.2, -0.15) is 0 Å². The molecule has 0 aromatic heterocycles. The predicted octanol–water partition coefficient (Wildman–Crippen LogP) is -0.739. The summed E-state index contributed by atoms with van der Waals surface area (Å²) in [5.74, 6) is -1.44. The van der Waals surface area contributed by atoms with E-state index in [1.54, 1.807) is 12.1 Å². The summed E-state index contributed by atoms with van der Waals surface area (Å²) in [6.07, 6.45) is 0.277. The zero-order valence-corrected chi connectivity index (χ0v) is 12.2. The van der Waals surface area contributed by atoms with Gasteiger partial charge in [0.15, 0.2) is 6.79 Å². The first kappa shape index (κ1) is 16.1. The third-order valence-corrected chi connectivity index (χ3v) is 3.23. The average Bonchev–Trinajstić information content (AvgIpc) is 2.46. The lowest BCUT2D eigenvalue weighted by atomic mass is 9.72. The minimum absolute atomic E-state index is 0.0191. The van der Waals surface area contributed by atoms with Crippen molar-refractivity contribution in [2.24, 2.45) is 0 Å². The predicted molar refractivity (Wildman–Crippen MR) is 75.4 cm³/mol. The molecule has 118 valence electrons. The Morgan fingerprint density at radius 2 is 2.23 bits per heavy atom. The standard InChI is InChI=1S/C13H16BNO7/c1-7(17)15-10-5-8-3-4-9(20-2)11(13(18)21-6-16)12(8)22-14(10)19/h3-4,10,16,19H,5-6H2,1-2H3,(H,15,17)/t10-/m0/s1. The lowest BCUT2D eigenvalue weighted by Crippen LogP contribution is -2.52. The quantitative estimate of drug-likeness (QED) is 0.381. The summed E-state index contributed by atoms with van der Waals surface area (Å²) in [4.78, 5) is 23.1. The van der Waals surface area contributed by atoms with E-state index < -0.39 is 25.8 Å². The van der Waals surface area contributed by atoms with Crippen LogP contribution in [0.2, 0.25) is 0 Å². The van der Waals surface area contributed by atoms with E-state index >= 15 is 0 Å². The molecule has 0 saturated carbocycles. The van der Waals surface area contributed by atoms with E-state index in [4.69, 9.17) is 14.5 Å². The molecule has 8 nitrogen and oxygen atoms in total. The number of esters is 1. The number of rotatable bonds is 4. The molecule has 0 bridgehead atoms. The number of fused-ring (bicyclic) bond motifs is 1. The van der Waals surface area contributed by atoms with Gasteiger partial charge in [0.05, 0.1) is 13.1 Å². The Morgan fingerprint density at radius 3 is 2.82 bits per heavy atom. The van der Waals surface area contributed by atoms with Crippen molar-refractivity contribution < 1.29 is 33.8 Å². The van der Waals surface area contributed by atoms with Crippen molar-refractivity contribution >= 4 is 19.0 Å². The first-order valence-electron chi connectivity index (χ1n) is 6.57. The van der Waals surface area contributed by atoms with Crippen LogP contribution in [0.4, 0.5) is 0 Å². The second kappa shape index (κ2) is 6.67. The molecule has 1 aliphatic rings. The molecule has 1 aliphatic heterocycles. The van der Waals surface area contributed by atoms with Crippen LogP contribution >= 0.6 is 0 Å². The van der Waals surface area contributed by atoms with Gasteiger partial charge < -0.3 is 29.6 Å². The van der Waals surface area contributed by atoms with Crippen LogP contribution in [0.1, 0.15) is 22.8 Å². The van der Waals surface area contributed by atoms with Crippen LogP contribution in [0, 0.1) is 0 Å². The van der Waals surface area contributed by atoms with Gasteiger partial charge in [-0.15, -0.1) is 0 Å². The van der Waals surface area contributed by atoms with Crippen molar-refractivity contribution in [3.63, 3.8) is 0 Å². The Morgan fingerprint density at radius 1 is 1.50 bits per heavy atom. The number of methoxy groups -OCH3 is 1. The lowest BCUT2D eigenvalue weighted by molar-refractivity contribution is -0.119. The second-order valence-corrected chi connectivity index (χ2v) is 4.71. The molecule has 1 atom stereocenters. The van der Waals surface area contributed by atoms with Crippen molar-refractivity contribution in [2.75, 3.05) is 13.9 Å². The highest BCUT2D eigenvalue weighted by Gasteiger charge is 2.38. The Labute approximate surface area is 127 Å². The third kappa shape index (κ3) is 3.15. The summed E-state index contributed by atoms with van der Waals surface area (Å²) >= 11 is 0. The zero-order valence-electron chi connectivity index (χ0n) is 12.2. The number of carbonyl (C=O) groups excluding carboxylic acids is 2. The highest BCUT2D eigenvalue weighted by molar-refractivity contribution is 6.47. The minimum atomic E-state index is -1.32. The van der Waals surface area contributed by atoms with Gasteiger partial charge >= 0.3 is 13.1 Å². The molecule has 0 unspecified atom stereocenters. The van der Waals surface area contributed by atoms with E-state index in [1.165, 1.54) is 14.0 Å². The summed E-state index contributed by atoms with van der Waals surface area (Å²) in [5, 5.41) is 21.3. The maximum Gasteiger partial charge on any atom is 0.547 e. The van der Waals surface area contributed by atoms with Crippen molar-refractivity contribution in [3.8, 4) is 11.5 Å². The molecule has 22 heavy (non-hydrogen) atoms. The number of hydrogen-bond donors (Lipinski definition) is 3. The molecule has 0 radical (unpaired) electrons. The maximum absolute atomic E-state index is 12.0. The Hall–Kier alpha value is -2.26. The number of benzene rings is 1. The summed E-state index contributed by atoms with van der Waals surface area (Å²) in [7, 11) is 0.0563. The van der Waals surface area contributed by atoms with E-state index in [9.17, 15) is 14.6 Å². The van der Waals surface area contributed by atoms with Gasteiger partial charge in [-0.25, -0.2) is 4.79 Å². The van der Waals surface area contributed by atoms with Crippen LogP contribution in [0.3, 0.4) is 0 Å². The van der Waals surface area contributed by atoms with Crippen LogP contribution in [0.5, 0.6) is 11.5 Å². The molecule has 2 rings (SSSR count). The number of aliphatic hydroxyl groups is 1. The van der Waals surface area contributed by atoms with Crippen LogP contribution in [0.25, 0.3) is 0 Å². The molecular weight excluding hydrogens is 293 g/mol. The minimum Gasteiger partial charge on any atom is -0.534 e. The first-order chi connectivity index (χ1) is 10.5. The molecule has 0 spiro atoms. The van der Waals surface area contributed by atoms with Crippen molar-refractivity contribution in [3.05, 3.63) is 23.3 Å². The molecule has 3 N–H and O–H groups in total. The fourth-order valence-electron chi connectivity index (χ4n) is 2.32. The van der Waals surface area contributed by atoms with Gasteiger partial charge in [0.2, 0.25) is 5.91 Å². The second-order valence-electron chi connectivity index (χ2n) is 4.71. The number of amides is 1. The van der Waals surface area contributed by atoms with Crippen molar-refractivity contribution in [1.82, 2.24) is 5.32 Å². The van der Waals surface area contributed by atoms with Gasteiger partial charge in [-0.1, -0.05) is 6.07 Å². The molecule has 1 aromatic carbocycles. The van der Waals surface area contributed by atoms with Crippen molar-refractivity contribution in [1.29, 1.82) is 0 Å². The third-order valence-electron chi connectivity index (χ3n) is 3.23. The van der Waals surface area contributed by atoms with E-state index in [2.05, 4.69) is 10.1 Å². The molecule has 1 heterocycles. The SMILES string of the molecule is COc1ccc2c(c1C(=O)OCO)OB(O)[C@@H](NC(C)=O)C2. The summed E-state index contributed by atoms with van der Waals surface area (Å²) in [5.41, 5.74) is 0.587. The normalized spacial score (nSPS) is 16.4. The van der Waals surface area contributed by atoms with E-state index in [1.807, 2.05) is 0 Å². The lowest BCUT2D eigenvalue weighted by Gasteiger charge is -2.29. The van der Waals surface area contributed by atoms with E-state index in [-0.39, 0.29) is 29.4 Å². The smallest absolute Gasteiger partial charge is 0.534 e. The summed E-state index contributed by atoms with van der Waals surface area (Å²) < 4.78 is 15.0. The van der Waals surface area contributed by atoms with Crippen molar-refractivity contribution in [2.45, 2.75) is 19.3 Å². The molecule has 0 saturated heterocycles. The Balaban J connectivity index is 2.41. The van der Waals surface area contributed by atoms with E-state index in [0.29, 0.717) is 5.56 Å². The van der Waals surface area contributed by atoms with Gasteiger partial charge in [0.25, 0.3) is 0 Å². The van der Waals surface area contributed by atoms with E-state index in [0.717, 1.165) is 0 Å². The number of aliphatic hydroxyl groups excluding tert-OH is 1. The van der Waals surface area contributed by atoms with Gasteiger partial charge in [-0.3, -0.25) is 4.79 Å². The highest BCUT2D eigenvalue weighted by atomic mass is 16.6. The highest BCUT2D eigenvalue weighted by Crippen LogP contribution is 2.36. The number of ether oxygens (including phenoxy) is 2. The molecular formula is C13H16BNO7. The fourth-order valence-corrected chi connectivity index (χ4v) is 2.32. The zero-order chi connectivity index (χ0) is 16.3. The van der Waals surface area contributed by atoms with Gasteiger partial charge in [0.1, 0.15) is 17.1 Å². The molecule has 0 fully saturated rings. The largest absolute Gasteiger partial charge is 0.547 e. The van der Waals surface area contributed by atoms with Crippen LogP contribution in [0.15, 0.2) is 12.1 Å². The fraction of sp³-hybridized carbons (Fsp3) is 0.385. The van der Waals surface area contributed by atoms with Gasteiger partial charge in [-0.05, 0) is 18.1 Å². The number of carbonyl (C=O) groups is 2. The molecule has 1 amide bonds. The maximum atomic E-state index is 12.0. The number of nitrogens with one attached hydrogen (secondary N) is 1. The van der Waals surface area contributed by atoms with Crippen LogP contribution in [-0.2, 0) is 16.0 Å². The van der Waals surface area contributed by atoms with Crippen LogP contribution < -0.4 is 14.7 Å². The first-order valence-corrected chi connectivity index (χ1v) is 6.57. The average molecular weight is 309 g/mol. The monoisotopic (exact) mass is 309 g/mol.